The van der Waals surface area contributed by atoms with Crippen LogP contribution in [0.25, 0.3) is 0 Å². The number of hydrogen-bond donors (Lipinski definition) is 1. The van der Waals surface area contributed by atoms with Gasteiger partial charge in [-0.1, -0.05) is 18.2 Å². The van der Waals surface area contributed by atoms with Crippen molar-refractivity contribution in [2.75, 3.05) is 0 Å². The fraction of sp³-hybridized carbons (Fsp3) is 0.438. The van der Waals surface area contributed by atoms with E-state index in [-0.39, 0.29) is 5.60 Å². The van der Waals surface area contributed by atoms with Gasteiger partial charge in [0.05, 0.1) is 0 Å². The van der Waals surface area contributed by atoms with Crippen LogP contribution in [0.3, 0.4) is 0 Å². The summed E-state index contributed by atoms with van der Waals surface area (Å²) >= 11 is 1.75. The Kier molecular flexibility index (Phi) is 3.52. The second-order valence-electron chi connectivity index (χ2n) is 5.90. The van der Waals surface area contributed by atoms with E-state index in [0.29, 0.717) is 6.04 Å². The van der Waals surface area contributed by atoms with Crippen LogP contribution >= 0.6 is 11.3 Å². The minimum Gasteiger partial charge on any atom is -0.487 e. The maximum absolute atomic E-state index is 6.05. The van der Waals surface area contributed by atoms with Crippen molar-refractivity contribution in [3.63, 3.8) is 0 Å². The molecule has 0 saturated carbocycles. The molecule has 0 saturated heterocycles. The Morgan fingerprint density at radius 1 is 1.40 bits per heavy atom. The zero-order chi connectivity index (χ0) is 14.2. The zero-order valence-electron chi connectivity index (χ0n) is 12.1. The summed E-state index contributed by atoms with van der Waals surface area (Å²) in [6.45, 7) is 7.19. The number of ether oxygens (including phenoxy) is 1. The first-order valence-corrected chi connectivity index (χ1v) is 7.78. The molecule has 1 aromatic carbocycles. The number of aryl methyl sites for hydroxylation is 1. The summed E-state index contributed by atoms with van der Waals surface area (Å²) in [4.78, 5) is 5.68. The molecule has 0 radical (unpaired) electrons. The molecule has 1 aliphatic heterocycles. The molecule has 0 spiro atoms. The van der Waals surface area contributed by atoms with E-state index in [1.54, 1.807) is 11.3 Å². The molecule has 0 aliphatic carbocycles. The van der Waals surface area contributed by atoms with Crippen molar-refractivity contribution in [3.8, 4) is 5.75 Å². The van der Waals surface area contributed by atoms with Crippen LogP contribution in [-0.2, 0) is 6.54 Å². The lowest BCUT2D eigenvalue weighted by atomic mass is 9.90. The van der Waals surface area contributed by atoms with Gasteiger partial charge in [0.2, 0.25) is 0 Å². The van der Waals surface area contributed by atoms with E-state index in [1.165, 1.54) is 10.4 Å². The number of rotatable bonds is 3. The van der Waals surface area contributed by atoms with Crippen molar-refractivity contribution in [1.29, 1.82) is 0 Å². The van der Waals surface area contributed by atoms with Crippen LogP contribution in [0.1, 0.15) is 41.8 Å². The molecule has 1 atom stereocenters. The quantitative estimate of drug-likeness (QED) is 0.931. The molecule has 106 valence electrons. The summed E-state index contributed by atoms with van der Waals surface area (Å²) in [5.74, 6) is 0.997. The lowest BCUT2D eigenvalue weighted by molar-refractivity contribution is 0.0657. The summed E-state index contributed by atoms with van der Waals surface area (Å²) in [6.07, 6.45) is 2.90. The molecule has 1 aliphatic rings. The summed E-state index contributed by atoms with van der Waals surface area (Å²) in [6, 6.07) is 8.62. The number of thiazole rings is 1. The van der Waals surface area contributed by atoms with E-state index in [1.807, 2.05) is 12.3 Å². The first-order chi connectivity index (χ1) is 9.53. The number of nitrogens with zero attached hydrogens (tertiary/aromatic N) is 1. The summed E-state index contributed by atoms with van der Waals surface area (Å²) < 4.78 is 6.05. The molecule has 2 heterocycles. The van der Waals surface area contributed by atoms with Gasteiger partial charge in [0.25, 0.3) is 0 Å². The monoisotopic (exact) mass is 288 g/mol. The Morgan fingerprint density at radius 3 is 2.95 bits per heavy atom. The largest absolute Gasteiger partial charge is 0.487 e. The van der Waals surface area contributed by atoms with Crippen molar-refractivity contribution >= 4 is 11.3 Å². The normalized spacial score (nSPS) is 20.2. The maximum Gasteiger partial charge on any atom is 0.124 e. The van der Waals surface area contributed by atoms with E-state index in [9.17, 15) is 0 Å². The molecule has 3 rings (SSSR count). The summed E-state index contributed by atoms with van der Waals surface area (Å²) in [5.41, 5.74) is 1.12. The second-order valence-corrected chi connectivity index (χ2v) is 7.22. The Morgan fingerprint density at radius 2 is 2.20 bits per heavy atom. The molecule has 0 amide bonds. The van der Waals surface area contributed by atoms with E-state index in [0.717, 1.165) is 23.7 Å². The van der Waals surface area contributed by atoms with Gasteiger partial charge in [-0.3, -0.25) is 0 Å². The number of aromatic nitrogens is 1. The van der Waals surface area contributed by atoms with Crippen molar-refractivity contribution in [2.24, 2.45) is 0 Å². The number of nitrogens with one attached hydrogen (secondary N) is 1. The van der Waals surface area contributed by atoms with E-state index >= 15 is 0 Å². The first kappa shape index (κ1) is 13.6. The topological polar surface area (TPSA) is 34.2 Å². The third-order valence-corrected chi connectivity index (χ3v) is 4.46. The van der Waals surface area contributed by atoms with Crippen LogP contribution < -0.4 is 10.1 Å². The summed E-state index contributed by atoms with van der Waals surface area (Å²) in [7, 11) is 0. The van der Waals surface area contributed by atoms with Gasteiger partial charge in [-0.2, -0.15) is 0 Å². The number of hydrogen-bond acceptors (Lipinski definition) is 4. The molecule has 0 bridgehead atoms. The molecule has 1 aromatic heterocycles. The Hall–Kier alpha value is -1.39. The molecular formula is C16H20N2OS. The van der Waals surface area contributed by atoms with Gasteiger partial charge in [0.15, 0.2) is 0 Å². The van der Waals surface area contributed by atoms with E-state index < -0.39 is 0 Å². The van der Waals surface area contributed by atoms with Crippen molar-refractivity contribution in [1.82, 2.24) is 10.3 Å². The predicted octanol–water partition coefficient (Wildman–Crippen LogP) is 3.84. The van der Waals surface area contributed by atoms with Gasteiger partial charge in [0, 0.05) is 35.6 Å². The van der Waals surface area contributed by atoms with Crippen LogP contribution in [-0.4, -0.2) is 10.6 Å². The standard InChI is InChI=1S/C16H20N2OS/c1-11-9-18-15(20-11)10-17-13-8-16(2,3)19-14-7-5-4-6-12(13)14/h4-7,9,13,17H,8,10H2,1-3H3. The fourth-order valence-electron chi connectivity index (χ4n) is 2.68. The zero-order valence-corrected chi connectivity index (χ0v) is 13.0. The molecule has 1 unspecified atom stereocenters. The van der Waals surface area contributed by atoms with Gasteiger partial charge in [-0.15, -0.1) is 11.3 Å². The molecule has 1 N–H and O–H groups in total. The van der Waals surface area contributed by atoms with E-state index in [4.69, 9.17) is 4.74 Å². The molecular weight excluding hydrogens is 268 g/mol. The second kappa shape index (κ2) is 5.19. The minimum absolute atomic E-state index is 0.134. The first-order valence-electron chi connectivity index (χ1n) is 6.96. The molecule has 0 fully saturated rings. The van der Waals surface area contributed by atoms with Crippen molar-refractivity contribution < 1.29 is 4.74 Å². The van der Waals surface area contributed by atoms with Gasteiger partial charge in [0.1, 0.15) is 16.4 Å². The van der Waals surface area contributed by atoms with Crippen LogP contribution in [0.4, 0.5) is 0 Å². The van der Waals surface area contributed by atoms with Crippen LogP contribution in [0, 0.1) is 6.92 Å². The smallest absolute Gasteiger partial charge is 0.124 e. The van der Waals surface area contributed by atoms with Crippen LogP contribution in [0.5, 0.6) is 5.75 Å². The van der Waals surface area contributed by atoms with Gasteiger partial charge < -0.3 is 10.1 Å². The minimum atomic E-state index is -0.134. The Labute approximate surface area is 124 Å². The molecule has 20 heavy (non-hydrogen) atoms. The Bertz CT molecular complexity index is 606. The number of fused-ring (bicyclic) bond motifs is 1. The lowest BCUT2D eigenvalue weighted by Crippen LogP contribution is -2.39. The van der Waals surface area contributed by atoms with E-state index in [2.05, 4.69) is 49.3 Å². The lowest BCUT2D eigenvalue weighted by Gasteiger charge is -2.38. The van der Waals surface area contributed by atoms with Gasteiger partial charge >= 0.3 is 0 Å². The van der Waals surface area contributed by atoms with Crippen LogP contribution in [0.2, 0.25) is 0 Å². The SMILES string of the molecule is Cc1cnc(CNC2CC(C)(C)Oc3ccccc32)s1. The number of benzene rings is 1. The average molecular weight is 288 g/mol. The highest BCUT2D eigenvalue weighted by atomic mass is 32.1. The average Bonchev–Trinajstić information content (AvgIpc) is 2.80. The molecule has 2 aromatic rings. The third kappa shape index (κ3) is 2.86. The predicted molar refractivity (Wildman–Crippen MR) is 82.2 cm³/mol. The van der Waals surface area contributed by atoms with Gasteiger partial charge in [-0.25, -0.2) is 4.98 Å². The molecule has 3 nitrogen and oxygen atoms in total. The highest BCUT2D eigenvalue weighted by molar-refractivity contribution is 7.11. The van der Waals surface area contributed by atoms with Crippen LogP contribution in [0.15, 0.2) is 30.5 Å². The highest BCUT2D eigenvalue weighted by Crippen LogP contribution is 2.39. The highest BCUT2D eigenvalue weighted by Gasteiger charge is 2.33. The summed E-state index contributed by atoms with van der Waals surface area (Å²) in [5, 5.41) is 4.77. The van der Waals surface area contributed by atoms with Crippen molar-refractivity contribution in [2.45, 2.75) is 45.4 Å². The third-order valence-electron chi connectivity index (χ3n) is 3.55. The number of para-hydroxylation sites is 1. The fourth-order valence-corrected chi connectivity index (χ4v) is 3.42. The van der Waals surface area contributed by atoms with Gasteiger partial charge in [-0.05, 0) is 26.8 Å². The van der Waals surface area contributed by atoms with Crippen molar-refractivity contribution in [3.05, 3.63) is 45.9 Å². The molecule has 4 heteroatoms. The Balaban J connectivity index is 1.78. The maximum atomic E-state index is 6.05.